The van der Waals surface area contributed by atoms with E-state index in [1.807, 2.05) is 0 Å². The van der Waals surface area contributed by atoms with Gasteiger partial charge < -0.3 is 15.8 Å². The van der Waals surface area contributed by atoms with Gasteiger partial charge in [0.1, 0.15) is 5.54 Å². The molecule has 0 spiro atoms. The van der Waals surface area contributed by atoms with Crippen LogP contribution in [-0.4, -0.2) is 24.5 Å². The maximum Gasteiger partial charge on any atom is 0.247 e. The van der Waals surface area contributed by atoms with Gasteiger partial charge >= 0.3 is 0 Å². The number of carbonyl (C=O) groups is 2. The molecule has 2 amide bonds. The van der Waals surface area contributed by atoms with Crippen LogP contribution in [0, 0.1) is 0 Å². The quantitative estimate of drug-likeness (QED) is 0.869. The number of primary amides is 1. The second kappa shape index (κ2) is 6.45. The zero-order valence-corrected chi connectivity index (χ0v) is 12.7. The van der Waals surface area contributed by atoms with Crippen molar-refractivity contribution in [3.63, 3.8) is 0 Å². The molecule has 3 N–H and O–H groups in total. The zero-order valence-electron chi connectivity index (χ0n) is 11.9. The molecule has 1 aliphatic rings. The molecular weight excluding hydrogens is 292 g/mol. The Kier molecular flexibility index (Phi) is 4.85. The maximum absolute atomic E-state index is 12.1. The van der Waals surface area contributed by atoms with Crippen LogP contribution in [0.5, 0.6) is 0 Å². The lowest BCUT2D eigenvalue weighted by molar-refractivity contribution is -0.132. The zero-order chi connectivity index (χ0) is 15.5. The first-order valence-electron chi connectivity index (χ1n) is 6.90. The van der Waals surface area contributed by atoms with Gasteiger partial charge in [0.05, 0.1) is 12.5 Å². The number of rotatable bonds is 5. The summed E-state index contributed by atoms with van der Waals surface area (Å²) >= 11 is 5.94. The van der Waals surface area contributed by atoms with E-state index in [2.05, 4.69) is 5.32 Å². The van der Waals surface area contributed by atoms with E-state index in [1.54, 1.807) is 31.2 Å². The summed E-state index contributed by atoms with van der Waals surface area (Å²) < 4.78 is 5.43. The highest BCUT2D eigenvalue weighted by molar-refractivity contribution is 6.30. The van der Waals surface area contributed by atoms with Crippen LogP contribution in [0.25, 0.3) is 0 Å². The normalized spacial score (nSPS) is 20.8. The molecule has 0 saturated carbocycles. The molecule has 5 nitrogen and oxygen atoms in total. The molecule has 1 aliphatic heterocycles. The molecule has 0 radical (unpaired) electrons. The fourth-order valence-corrected chi connectivity index (χ4v) is 2.61. The standard InChI is InChI=1S/C15H19ClN2O3/c1-15(14(17)20,10-4-2-5-11(16)8-10)18-13(19)9-12-6-3-7-21-12/h2,4-5,8,12H,3,6-7,9H2,1H3,(H2,17,20)(H,18,19)/t12-,15-/m0/s1. The number of nitrogens with one attached hydrogen (secondary N) is 1. The van der Waals surface area contributed by atoms with Crippen molar-refractivity contribution in [2.24, 2.45) is 5.73 Å². The highest BCUT2D eigenvalue weighted by Gasteiger charge is 2.35. The summed E-state index contributed by atoms with van der Waals surface area (Å²) in [5.74, 6) is -0.895. The minimum absolute atomic E-state index is 0.0820. The lowest BCUT2D eigenvalue weighted by Crippen LogP contribution is -2.53. The van der Waals surface area contributed by atoms with Crippen LogP contribution in [0.4, 0.5) is 0 Å². The Balaban J connectivity index is 2.14. The van der Waals surface area contributed by atoms with E-state index in [0.29, 0.717) is 17.2 Å². The topological polar surface area (TPSA) is 81.4 Å². The average molecular weight is 311 g/mol. The van der Waals surface area contributed by atoms with Gasteiger partial charge in [-0.2, -0.15) is 0 Å². The summed E-state index contributed by atoms with van der Waals surface area (Å²) in [6.07, 6.45) is 1.96. The summed E-state index contributed by atoms with van der Waals surface area (Å²) in [6.45, 7) is 2.26. The molecule has 2 rings (SSSR count). The summed E-state index contributed by atoms with van der Waals surface area (Å²) in [5, 5.41) is 3.19. The lowest BCUT2D eigenvalue weighted by Gasteiger charge is -2.28. The second-order valence-electron chi connectivity index (χ2n) is 5.39. The third-order valence-electron chi connectivity index (χ3n) is 3.72. The van der Waals surface area contributed by atoms with E-state index in [9.17, 15) is 9.59 Å². The van der Waals surface area contributed by atoms with E-state index < -0.39 is 11.4 Å². The first-order valence-corrected chi connectivity index (χ1v) is 7.28. The Morgan fingerprint density at radius 1 is 1.52 bits per heavy atom. The van der Waals surface area contributed by atoms with Crippen LogP contribution in [0.15, 0.2) is 24.3 Å². The molecule has 2 atom stereocenters. The molecule has 1 fully saturated rings. The summed E-state index contributed by atoms with van der Waals surface area (Å²) in [7, 11) is 0. The van der Waals surface area contributed by atoms with E-state index in [4.69, 9.17) is 22.1 Å². The molecule has 0 unspecified atom stereocenters. The number of amides is 2. The van der Waals surface area contributed by atoms with Crippen molar-refractivity contribution in [2.45, 2.75) is 37.8 Å². The predicted octanol–water partition coefficient (Wildman–Crippen LogP) is 1.73. The van der Waals surface area contributed by atoms with Crippen molar-refractivity contribution in [3.8, 4) is 0 Å². The number of carbonyl (C=O) groups excluding carboxylic acids is 2. The fourth-order valence-electron chi connectivity index (χ4n) is 2.42. The number of hydrogen-bond donors (Lipinski definition) is 2. The summed E-state index contributed by atoms with van der Waals surface area (Å²) in [6, 6.07) is 6.74. The van der Waals surface area contributed by atoms with Crippen molar-refractivity contribution in [3.05, 3.63) is 34.9 Å². The average Bonchev–Trinajstić information content (AvgIpc) is 2.91. The van der Waals surface area contributed by atoms with Crippen LogP contribution >= 0.6 is 11.6 Å². The molecule has 1 aromatic carbocycles. The predicted molar refractivity (Wildman–Crippen MR) is 79.7 cm³/mol. The van der Waals surface area contributed by atoms with Gasteiger partial charge in [-0.05, 0) is 37.5 Å². The van der Waals surface area contributed by atoms with Crippen LogP contribution in [-0.2, 0) is 19.9 Å². The Labute approximate surface area is 128 Å². The van der Waals surface area contributed by atoms with E-state index in [1.165, 1.54) is 0 Å². The van der Waals surface area contributed by atoms with Gasteiger partial charge in [-0.15, -0.1) is 0 Å². The van der Waals surface area contributed by atoms with Crippen LogP contribution in [0.3, 0.4) is 0 Å². The van der Waals surface area contributed by atoms with Gasteiger partial charge in [0.2, 0.25) is 11.8 Å². The van der Waals surface area contributed by atoms with Gasteiger partial charge in [-0.3, -0.25) is 9.59 Å². The number of ether oxygens (including phenoxy) is 1. The number of benzene rings is 1. The monoisotopic (exact) mass is 310 g/mol. The van der Waals surface area contributed by atoms with Gasteiger partial charge in [-0.25, -0.2) is 0 Å². The van der Waals surface area contributed by atoms with Crippen molar-refractivity contribution in [2.75, 3.05) is 6.61 Å². The highest BCUT2D eigenvalue weighted by atomic mass is 35.5. The van der Waals surface area contributed by atoms with Crippen molar-refractivity contribution in [1.29, 1.82) is 0 Å². The van der Waals surface area contributed by atoms with E-state index >= 15 is 0 Å². The smallest absolute Gasteiger partial charge is 0.247 e. The Bertz CT molecular complexity index is 543. The molecule has 1 saturated heterocycles. The molecule has 1 heterocycles. The minimum Gasteiger partial charge on any atom is -0.378 e. The number of hydrogen-bond acceptors (Lipinski definition) is 3. The first kappa shape index (κ1) is 15.8. The van der Waals surface area contributed by atoms with Crippen molar-refractivity contribution >= 4 is 23.4 Å². The second-order valence-corrected chi connectivity index (χ2v) is 5.82. The van der Waals surface area contributed by atoms with Gasteiger partial charge in [-0.1, -0.05) is 23.7 Å². The van der Waals surface area contributed by atoms with Gasteiger partial charge in [0.15, 0.2) is 0 Å². The van der Waals surface area contributed by atoms with Crippen LogP contribution in [0.1, 0.15) is 31.7 Å². The van der Waals surface area contributed by atoms with Crippen molar-refractivity contribution < 1.29 is 14.3 Å². The molecule has 21 heavy (non-hydrogen) atoms. The highest BCUT2D eigenvalue weighted by Crippen LogP contribution is 2.24. The van der Waals surface area contributed by atoms with Gasteiger partial charge in [0.25, 0.3) is 0 Å². The minimum atomic E-state index is -1.29. The van der Waals surface area contributed by atoms with Gasteiger partial charge in [0, 0.05) is 11.6 Å². The Morgan fingerprint density at radius 2 is 2.29 bits per heavy atom. The third kappa shape index (κ3) is 3.74. The summed E-state index contributed by atoms with van der Waals surface area (Å²) in [4.78, 5) is 24.0. The van der Waals surface area contributed by atoms with Crippen LogP contribution in [0.2, 0.25) is 5.02 Å². The molecule has 0 aliphatic carbocycles. The first-order chi connectivity index (χ1) is 9.91. The number of halogens is 1. The fraction of sp³-hybridized carbons (Fsp3) is 0.467. The molecule has 6 heteroatoms. The molecule has 0 bridgehead atoms. The molecule has 1 aromatic rings. The SMILES string of the molecule is C[C@@](NC(=O)C[C@@H]1CCCO1)(C(N)=O)c1cccc(Cl)c1. The maximum atomic E-state index is 12.1. The van der Waals surface area contributed by atoms with Crippen molar-refractivity contribution in [1.82, 2.24) is 5.32 Å². The third-order valence-corrected chi connectivity index (χ3v) is 3.96. The Morgan fingerprint density at radius 3 is 2.86 bits per heavy atom. The molecule has 114 valence electrons. The molecular formula is C15H19ClN2O3. The Hall–Kier alpha value is -1.59. The lowest BCUT2D eigenvalue weighted by atomic mass is 9.91. The largest absolute Gasteiger partial charge is 0.378 e. The summed E-state index contributed by atoms with van der Waals surface area (Å²) in [5.41, 5.74) is 4.75. The molecule has 0 aromatic heterocycles. The van der Waals surface area contributed by atoms with E-state index in [-0.39, 0.29) is 18.4 Å². The van der Waals surface area contributed by atoms with E-state index in [0.717, 1.165) is 12.8 Å². The number of nitrogens with two attached hydrogens (primary N) is 1. The van der Waals surface area contributed by atoms with Crippen LogP contribution < -0.4 is 11.1 Å².